The third-order valence-electron chi connectivity index (χ3n) is 2.46. The first kappa shape index (κ1) is 17.1. The van der Waals surface area contributed by atoms with E-state index in [0.29, 0.717) is 39.6 Å². The largest absolute Gasteiger partial charge is 0.382 e. The van der Waals surface area contributed by atoms with Gasteiger partial charge in [-0.3, -0.25) is 0 Å². The van der Waals surface area contributed by atoms with Gasteiger partial charge < -0.3 is 24.1 Å². The predicted octanol–water partition coefficient (Wildman–Crippen LogP) is 1.74. The summed E-state index contributed by atoms with van der Waals surface area (Å²) in [4.78, 5) is 0. The summed E-state index contributed by atoms with van der Waals surface area (Å²) < 4.78 is 20.8. The highest BCUT2D eigenvalue weighted by molar-refractivity contribution is 5.04. The summed E-state index contributed by atoms with van der Waals surface area (Å²) in [6.45, 7) is 9.71. The van der Waals surface area contributed by atoms with Crippen molar-refractivity contribution in [3.8, 4) is 0 Å². The van der Waals surface area contributed by atoms with Crippen LogP contribution >= 0.6 is 0 Å². The number of methoxy groups -OCH3 is 1. The molecule has 0 saturated carbocycles. The molecule has 1 aromatic heterocycles. The lowest BCUT2D eigenvalue weighted by atomic mass is 10.1. The van der Waals surface area contributed by atoms with Crippen molar-refractivity contribution in [2.45, 2.75) is 39.5 Å². The molecule has 0 fully saturated rings. The lowest BCUT2D eigenvalue weighted by Crippen LogP contribution is -2.35. The molecule has 0 spiro atoms. The zero-order valence-electron chi connectivity index (χ0n) is 12.9. The average Bonchev–Trinajstić information content (AvgIpc) is 2.82. The van der Waals surface area contributed by atoms with E-state index in [0.717, 1.165) is 11.5 Å². The fraction of sp³-hybridized carbons (Fsp3) is 0.786. The summed E-state index contributed by atoms with van der Waals surface area (Å²) in [5.41, 5.74) is 0.949. The molecular weight excluding hydrogens is 260 g/mol. The van der Waals surface area contributed by atoms with Crippen LogP contribution in [0.5, 0.6) is 0 Å². The maximum absolute atomic E-state index is 5.44. The molecule has 6 heteroatoms. The molecule has 1 N–H and O–H groups in total. The third kappa shape index (κ3) is 8.27. The first-order chi connectivity index (χ1) is 9.51. The van der Waals surface area contributed by atoms with E-state index in [-0.39, 0.29) is 5.54 Å². The number of rotatable bonds is 10. The average molecular weight is 286 g/mol. The minimum absolute atomic E-state index is 0.0646. The van der Waals surface area contributed by atoms with Gasteiger partial charge in [0.15, 0.2) is 5.76 Å². The predicted molar refractivity (Wildman–Crippen MR) is 75.4 cm³/mol. The number of nitrogens with zero attached hydrogens (tertiary/aromatic N) is 1. The van der Waals surface area contributed by atoms with Crippen molar-refractivity contribution in [2.75, 3.05) is 33.5 Å². The number of aromatic nitrogens is 1. The quantitative estimate of drug-likeness (QED) is 0.661. The van der Waals surface area contributed by atoms with E-state index in [4.69, 9.17) is 18.7 Å². The van der Waals surface area contributed by atoms with Crippen molar-refractivity contribution < 1.29 is 18.7 Å². The zero-order valence-corrected chi connectivity index (χ0v) is 12.9. The van der Waals surface area contributed by atoms with Crippen LogP contribution in [-0.4, -0.2) is 44.2 Å². The number of ether oxygens (including phenoxy) is 3. The Morgan fingerprint density at radius 1 is 1.15 bits per heavy atom. The second kappa shape index (κ2) is 9.07. The maximum atomic E-state index is 5.44. The SMILES string of the molecule is COCCOCCOCc1cc(CNC(C)(C)C)no1. The van der Waals surface area contributed by atoms with Crippen molar-refractivity contribution in [3.63, 3.8) is 0 Å². The molecular formula is C14H26N2O4. The van der Waals surface area contributed by atoms with Crippen molar-refractivity contribution in [1.82, 2.24) is 10.5 Å². The monoisotopic (exact) mass is 286 g/mol. The van der Waals surface area contributed by atoms with E-state index in [2.05, 4.69) is 31.2 Å². The topological polar surface area (TPSA) is 65.8 Å². The summed E-state index contributed by atoms with van der Waals surface area (Å²) in [6, 6.07) is 1.91. The fourth-order valence-electron chi connectivity index (χ4n) is 1.40. The molecule has 0 amide bonds. The summed E-state index contributed by atoms with van der Waals surface area (Å²) in [5.74, 6) is 0.729. The Kier molecular flexibility index (Phi) is 7.76. The van der Waals surface area contributed by atoms with Crippen LogP contribution in [-0.2, 0) is 27.4 Å². The first-order valence-electron chi connectivity index (χ1n) is 6.85. The van der Waals surface area contributed by atoms with Gasteiger partial charge >= 0.3 is 0 Å². The molecule has 116 valence electrons. The number of hydrogen-bond donors (Lipinski definition) is 1. The summed E-state index contributed by atoms with van der Waals surface area (Å²) in [7, 11) is 1.65. The molecule has 20 heavy (non-hydrogen) atoms. The zero-order chi connectivity index (χ0) is 14.8. The summed E-state index contributed by atoms with van der Waals surface area (Å²) >= 11 is 0. The molecule has 6 nitrogen and oxygen atoms in total. The van der Waals surface area contributed by atoms with Gasteiger partial charge in [-0.2, -0.15) is 0 Å². The van der Waals surface area contributed by atoms with Gasteiger partial charge in [0.05, 0.1) is 32.1 Å². The molecule has 1 rings (SSSR count). The van der Waals surface area contributed by atoms with Crippen LogP contribution in [0.2, 0.25) is 0 Å². The van der Waals surface area contributed by atoms with Gasteiger partial charge in [0.25, 0.3) is 0 Å². The van der Waals surface area contributed by atoms with E-state index < -0.39 is 0 Å². The lowest BCUT2D eigenvalue weighted by molar-refractivity contribution is 0.0151. The van der Waals surface area contributed by atoms with Crippen LogP contribution in [0, 0.1) is 0 Å². The van der Waals surface area contributed by atoms with Crippen LogP contribution in [0.15, 0.2) is 10.6 Å². The normalized spacial score (nSPS) is 12.0. The van der Waals surface area contributed by atoms with E-state index >= 15 is 0 Å². The molecule has 1 heterocycles. The molecule has 1 aromatic rings. The second-order valence-electron chi connectivity index (χ2n) is 5.55. The first-order valence-corrected chi connectivity index (χ1v) is 6.85. The van der Waals surface area contributed by atoms with Gasteiger partial charge in [0, 0.05) is 25.3 Å². The summed E-state index contributed by atoms with van der Waals surface area (Å²) in [6.07, 6.45) is 0. The molecule has 0 aliphatic heterocycles. The molecule has 0 atom stereocenters. The fourth-order valence-corrected chi connectivity index (χ4v) is 1.40. The smallest absolute Gasteiger partial charge is 0.162 e. The minimum atomic E-state index is 0.0646. The molecule has 0 aliphatic carbocycles. The molecule has 0 saturated heterocycles. The van der Waals surface area contributed by atoms with Crippen LogP contribution in [0.1, 0.15) is 32.2 Å². The highest BCUT2D eigenvalue weighted by Gasteiger charge is 2.10. The van der Waals surface area contributed by atoms with Crippen LogP contribution in [0.3, 0.4) is 0 Å². The molecule has 0 aromatic carbocycles. The van der Waals surface area contributed by atoms with Crippen LogP contribution in [0.4, 0.5) is 0 Å². The number of nitrogens with one attached hydrogen (secondary N) is 1. The van der Waals surface area contributed by atoms with Crippen molar-refractivity contribution in [1.29, 1.82) is 0 Å². The summed E-state index contributed by atoms with van der Waals surface area (Å²) in [5, 5.41) is 7.35. The van der Waals surface area contributed by atoms with Crippen LogP contribution < -0.4 is 5.32 Å². The molecule has 0 aliphatic rings. The standard InChI is InChI=1S/C14H26N2O4/c1-14(2,3)15-10-12-9-13(20-16-12)11-19-8-7-18-6-5-17-4/h9,15H,5-8,10-11H2,1-4H3. The van der Waals surface area contributed by atoms with E-state index in [1.807, 2.05) is 6.07 Å². The Bertz CT molecular complexity index is 360. The Hall–Kier alpha value is -0.950. The van der Waals surface area contributed by atoms with E-state index in [1.54, 1.807) is 7.11 Å². The third-order valence-corrected chi connectivity index (χ3v) is 2.46. The lowest BCUT2D eigenvalue weighted by Gasteiger charge is -2.19. The highest BCUT2D eigenvalue weighted by atomic mass is 16.5. The van der Waals surface area contributed by atoms with Gasteiger partial charge in [-0.15, -0.1) is 0 Å². The van der Waals surface area contributed by atoms with Crippen molar-refractivity contribution >= 4 is 0 Å². The van der Waals surface area contributed by atoms with Gasteiger partial charge in [-0.25, -0.2) is 0 Å². The van der Waals surface area contributed by atoms with Crippen molar-refractivity contribution in [3.05, 3.63) is 17.5 Å². The van der Waals surface area contributed by atoms with Gasteiger partial charge in [0.2, 0.25) is 0 Å². The van der Waals surface area contributed by atoms with E-state index in [1.165, 1.54) is 0 Å². The molecule has 0 radical (unpaired) electrons. The Morgan fingerprint density at radius 3 is 2.55 bits per heavy atom. The van der Waals surface area contributed by atoms with Gasteiger partial charge in [-0.05, 0) is 20.8 Å². The minimum Gasteiger partial charge on any atom is -0.382 e. The van der Waals surface area contributed by atoms with E-state index in [9.17, 15) is 0 Å². The maximum Gasteiger partial charge on any atom is 0.162 e. The van der Waals surface area contributed by atoms with Gasteiger partial charge in [-0.1, -0.05) is 5.16 Å². The Labute approximate surface area is 120 Å². The Morgan fingerprint density at radius 2 is 1.85 bits per heavy atom. The Balaban J connectivity index is 2.11. The van der Waals surface area contributed by atoms with Crippen LogP contribution in [0.25, 0.3) is 0 Å². The molecule has 0 bridgehead atoms. The number of hydrogen-bond acceptors (Lipinski definition) is 6. The van der Waals surface area contributed by atoms with Gasteiger partial charge in [0.1, 0.15) is 6.61 Å². The second-order valence-corrected chi connectivity index (χ2v) is 5.55. The molecule has 0 unspecified atom stereocenters. The highest BCUT2D eigenvalue weighted by Crippen LogP contribution is 2.07. The van der Waals surface area contributed by atoms with Crippen molar-refractivity contribution in [2.24, 2.45) is 0 Å².